The molecular formula is C20H18N2O2. The Labute approximate surface area is 140 Å². The van der Waals surface area contributed by atoms with Crippen LogP contribution in [-0.2, 0) is 11.2 Å². The maximum absolute atomic E-state index is 12.9. The fraction of sp³-hybridized carbons (Fsp3) is 0.200. The van der Waals surface area contributed by atoms with Crippen molar-refractivity contribution in [2.24, 2.45) is 0 Å². The number of hydrogen-bond donors (Lipinski definition) is 1. The van der Waals surface area contributed by atoms with E-state index < -0.39 is 11.7 Å². The third-order valence-electron chi connectivity index (χ3n) is 4.67. The van der Waals surface area contributed by atoms with E-state index >= 15 is 0 Å². The van der Waals surface area contributed by atoms with Crippen molar-refractivity contribution < 1.29 is 9.59 Å². The van der Waals surface area contributed by atoms with Crippen molar-refractivity contribution in [3.8, 4) is 0 Å². The van der Waals surface area contributed by atoms with Crippen LogP contribution in [0.3, 0.4) is 0 Å². The summed E-state index contributed by atoms with van der Waals surface area (Å²) in [6, 6.07) is 15.4. The lowest BCUT2D eigenvalue weighted by molar-refractivity contribution is -0.114. The average Bonchev–Trinajstić information content (AvgIpc) is 2.95. The lowest BCUT2D eigenvalue weighted by Crippen LogP contribution is -2.40. The quantitative estimate of drug-likeness (QED) is 0.579. The Morgan fingerprint density at radius 1 is 1.04 bits per heavy atom. The molecule has 0 fully saturated rings. The molecular weight excluding hydrogens is 300 g/mol. The van der Waals surface area contributed by atoms with E-state index in [1.165, 1.54) is 0 Å². The third-order valence-corrected chi connectivity index (χ3v) is 4.67. The molecule has 4 heteroatoms. The maximum Gasteiger partial charge on any atom is 0.299 e. The van der Waals surface area contributed by atoms with Crippen molar-refractivity contribution in [2.75, 3.05) is 11.4 Å². The number of anilines is 1. The van der Waals surface area contributed by atoms with Gasteiger partial charge in [0, 0.05) is 28.8 Å². The van der Waals surface area contributed by atoms with Crippen molar-refractivity contribution in [3.05, 3.63) is 65.4 Å². The van der Waals surface area contributed by atoms with E-state index in [4.69, 9.17) is 0 Å². The Kier molecular flexibility index (Phi) is 3.45. The Balaban J connectivity index is 1.75. The predicted molar refractivity (Wildman–Crippen MR) is 94.5 cm³/mol. The molecule has 0 unspecified atom stereocenters. The number of Topliss-reactive ketones (excluding diaryl/α,β-unsaturated/α-hetero) is 1. The Morgan fingerprint density at radius 3 is 2.67 bits per heavy atom. The molecule has 3 aromatic rings. The minimum absolute atomic E-state index is 0.443. The summed E-state index contributed by atoms with van der Waals surface area (Å²) < 4.78 is 0. The zero-order valence-corrected chi connectivity index (χ0v) is 13.5. The van der Waals surface area contributed by atoms with E-state index in [0.717, 1.165) is 40.7 Å². The van der Waals surface area contributed by atoms with Crippen LogP contribution in [0.4, 0.5) is 5.69 Å². The van der Waals surface area contributed by atoms with Crippen molar-refractivity contribution >= 4 is 28.3 Å². The zero-order valence-electron chi connectivity index (χ0n) is 13.5. The fourth-order valence-corrected chi connectivity index (χ4v) is 3.54. The first kappa shape index (κ1) is 14.7. The van der Waals surface area contributed by atoms with Gasteiger partial charge in [0.15, 0.2) is 0 Å². The molecule has 0 atom stereocenters. The summed E-state index contributed by atoms with van der Waals surface area (Å²) >= 11 is 0. The molecule has 0 aliphatic carbocycles. The first-order valence-electron chi connectivity index (χ1n) is 8.18. The van der Waals surface area contributed by atoms with Gasteiger partial charge in [0.1, 0.15) is 0 Å². The minimum Gasteiger partial charge on any atom is -0.358 e. The molecule has 2 heterocycles. The van der Waals surface area contributed by atoms with Crippen LogP contribution in [0, 0.1) is 6.92 Å². The van der Waals surface area contributed by atoms with E-state index in [-0.39, 0.29) is 0 Å². The number of aromatic amines is 1. The van der Waals surface area contributed by atoms with Gasteiger partial charge in [0.2, 0.25) is 0 Å². The van der Waals surface area contributed by atoms with Crippen LogP contribution >= 0.6 is 0 Å². The van der Waals surface area contributed by atoms with Gasteiger partial charge in [-0.2, -0.15) is 0 Å². The number of para-hydroxylation sites is 2. The highest BCUT2D eigenvalue weighted by Gasteiger charge is 2.30. The van der Waals surface area contributed by atoms with Crippen LogP contribution in [0.1, 0.15) is 28.0 Å². The monoisotopic (exact) mass is 318 g/mol. The molecule has 0 spiro atoms. The average molecular weight is 318 g/mol. The molecule has 120 valence electrons. The Hall–Kier alpha value is -2.88. The number of amides is 1. The van der Waals surface area contributed by atoms with E-state index in [2.05, 4.69) is 4.98 Å². The lowest BCUT2D eigenvalue weighted by Gasteiger charge is -2.28. The van der Waals surface area contributed by atoms with E-state index in [0.29, 0.717) is 12.1 Å². The summed E-state index contributed by atoms with van der Waals surface area (Å²) in [6.07, 6.45) is 1.82. The van der Waals surface area contributed by atoms with Gasteiger partial charge in [0.25, 0.3) is 11.7 Å². The van der Waals surface area contributed by atoms with Crippen LogP contribution in [-0.4, -0.2) is 23.2 Å². The first-order chi connectivity index (χ1) is 11.7. The number of H-pyrrole nitrogens is 1. The van der Waals surface area contributed by atoms with Crippen molar-refractivity contribution in [1.29, 1.82) is 0 Å². The molecule has 1 aromatic heterocycles. The highest BCUT2D eigenvalue weighted by molar-refractivity contribution is 6.49. The van der Waals surface area contributed by atoms with E-state index in [1.54, 1.807) is 4.90 Å². The van der Waals surface area contributed by atoms with Gasteiger partial charge in [-0.15, -0.1) is 0 Å². The van der Waals surface area contributed by atoms with Crippen LogP contribution in [0.15, 0.2) is 48.5 Å². The molecule has 4 nitrogen and oxygen atoms in total. The smallest absolute Gasteiger partial charge is 0.299 e. The normalized spacial score (nSPS) is 13.8. The second kappa shape index (κ2) is 5.64. The lowest BCUT2D eigenvalue weighted by atomic mass is 10.00. The largest absolute Gasteiger partial charge is 0.358 e. The SMILES string of the molecule is Cc1[nH]c2ccccc2c1C(=O)C(=O)N1CCCc2ccccc21. The molecule has 4 rings (SSSR count). The minimum atomic E-state index is -0.449. The summed E-state index contributed by atoms with van der Waals surface area (Å²) in [6.45, 7) is 2.42. The molecule has 24 heavy (non-hydrogen) atoms. The summed E-state index contributed by atoms with van der Waals surface area (Å²) in [5.41, 5.74) is 4.09. The summed E-state index contributed by atoms with van der Waals surface area (Å²) in [4.78, 5) is 30.7. The molecule has 0 saturated heterocycles. The molecule has 1 aliphatic rings. The van der Waals surface area contributed by atoms with Crippen molar-refractivity contribution in [1.82, 2.24) is 4.98 Å². The molecule has 0 bridgehead atoms. The molecule has 0 saturated carbocycles. The van der Waals surface area contributed by atoms with Crippen molar-refractivity contribution in [3.63, 3.8) is 0 Å². The summed E-state index contributed by atoms with van der Waals surface area (Å²) in [5, 5.41) is 0.804. The number of nitrogens with zero attached hydrogens (tertiary/aromatic N) is 1. The van der Waals surface area contributed by atoms with Gasteiger partial charge >= 0.3 is 0 Å². The maximum atomic E-state index is 12.9. The number of carbonyl (C=O) groups is 2. The van der Waals surface area contributed by atoms with Crippen LogP contribution < -0.4 is 4.90 Å². The van der Waals surface area contributed by atoms with E-state index in [9.17, 15) is 9.59 Å². The summed E-state index contributed by atoms with van der Waals surface area (Å²) in [5.74, 6) is -0.892. The van der Waals surface area contributed by atoms with Crippen LogP contribution in [0.25, 0.3) is 10.9 Å². The van der Waals surface area contributed by atoms with Gasteiger partial charge in [-0.25, -0.2) is 0 Å². The third kappa shape index (κ3) is 2.22. The van der Waals surface area contributed by atoms with Crippen molar-refractivity contribution in [2.45, 2.75) is 19.8 Å². The topological polar surface area (TPSA) is 53.2 Å². The second-order valence-electron chi connectivity index (χ2n) is 6.19. The number of ketones is 1. The molecule has 0 radical (unpaired) electrons. The number of rotatable bonds is 2. The molecule has 1 amide bonds. The summed E-state index contributed by atoms with van der Waals surface area (Å²) in [7, 11) is 0. The zero-order chi connectivity index (χ0) is 16.7. The molecule has 1 N–H and O–H groups in total. The van der Waals surface area contributed by atoms with Gasteiger partial charge in [0.05, 0.1) is 5.56 Å². The molecule has 1 aliphatic heterocycles. The van der Waals surface area contributed by atoms with Gasteiger partial charge in [-0.3, -0.25) is 9.59 Å². The van der Waals surface area contributed by atoms with Gasteiger partial charge in [-0.05, 0) is 37.5 Å². The van der Waals surface area contributed by atoms with Crippen LogP contribution in [0.2, 0.25) is 0 Å². The number of aromatic nitrogens is 1. The highest BCUT2D eigenvalue weighted by atomic mass is 16.2. The second-order valence-corrected chi connectivity index (χ2v) is 6.19. The standard InChI is InChI=1S/C20H18N2O2/c1-13-18(15-9-3-4-10-16(15)21-13)19(23)20(24)22-12-6-8-14-7-2-5-11-17(14)22/h2-5,7,9-11,21H,6,8,12H2,1H3. The van der Waals surface area contributed by atoms with Crippen LogP contribution in [0.5, 0.6) is 0 Å². The fourth-order valence-electron chi connectivity index (χ4n) is 3.54. The molecule has 2 aromatic carbocycles. The number of benzene rings is 2. The number of aryl methyl sites for hydroxylation is 2. The number of fused-ring (bicyclic) bond motifs is 2. The predicted octanol–water partition coefficient (Wildman–Crippen LogP) is 3.64. The van der Waals surface area contributed by atoms with Gasteiger partial charge < -0.3 is 9.88 Å². The van der Waals surface area contributed by atoms with Gasteiger partial charge in [-0.1, -0.05) is 36.4 Å². The first-order valence-corrected chi connectivity index (χ1v) is 8.18. The number of carbonyl (C=O) groups excluding carboxylic acids is 2. The van der Waals surface area contributed by atoms with E-state index in [1.807, 2.05) is 55.5 Å². The Morgan fingerprint density at radius 2 is 1.79 bits per heavy atom. The number of nitrogens with one attached hydrogen (secondary N) is 1. The Bertz CT molecular complexity index is 955. The number of hydrogen-bond acceptors (Lipinski definition) is 2. The highest BCUT2D eigenvalue weighted by Crippen LogP contribution is 2.29.